The Morgan fingerprint density at radius 1 is 1.20 bits per heavy atom. The highest BCUT2D eigenvalue weighted by Crippen LogP contribution is 2.29. The Balaban J connectivity index is 0.00000225. The third kappa shape index (κ3) is 4.19. The zero-order chi connectivity index (χ0) is 17.1. The van der Waals surface area contributed by atoms with E-state index in [0.717, 1.165) is 15.3 Å². The highest BCUT2D eigenvalue weighted by atomic mass is 79.9. The molecule has 6 heteroatoms. The van der Waals surface area contributed by atoms with Crippen LogP contribution in [-0.4, -0.2) is 23.9 Å². The number of ketones is 1. The minimum atomic E-state index is -0.00814. The van der Waals surface area contributed by atoms with Gasteiger partial charge in [0.2, 0.25) is 0 Å². The van der Waals surface area contributed by atoms with Crippen molar-refractivity contribution in [3.05, 3.63) is 53.1 Å². The number of carbonyl (C=O) groups is 1. The van der Waals surface area contributed by atoms with Crippen molar-refractivity contribution in [2.75, 3.05) is 18.5 Å². The smallest absolute Gasteiger partial charge is 0.185 e. The van der Waals surface area contributed by atoms with Gasteiger partial charge in [-0.15, -0.1) is 0 Å². The average molecular weight is 420 g/mol. The number of aromatic nitrogens is 1. The van der Waals surface area contributed by atoms with E-state index in [1.807, 2.05) is 25.1 Å². The second-order valence-electron chi connectivity index (χ2n) is 5.58. The SMILES string of the molecule is CCOc1ccccc1C(=O)CNc1nc2c(C)c(C)ccc2s1.[Br-]. The van der Waals surface area contributed by atoms with Crippen LogP contribution in [0.15, 0.2) is 36.4 Å². The molecule has 132 valence electrons. The van der Waals surface area contributed by atoms with Crippen molar-refractivity contribution in [3.8, 4) is 5.75 Å². The number of aryl methyl sites for hydroxylation is 2. The molecule has 0 saturated carbocycles. The zero-order valence-corrected chi connectivity index (χ0v) is 16.8. The van der Waals surface area contributed by atoms with Gasteiger partial charge >= 0.3 is 0 Å². The van der Waals surface area contributed by atoms with Crippen LogP contribution < -0.4 is 27.0 Å². The Labute approximate surface area is 162 Å². The summed E-state index contributed by atoms with van der Waals surface area (Å²) >= 11 is 1.57. The molecule has 0 atom stereocenters. The molecule has 0 amide bonds. The molecular weight excluding hydrogens is 400 g/mol. The van der Waals surface area contributed by atoms with Gasteiger partial charge in [-0.05, 0) is 50.1 Å². The van der Waals surface area contributed by atoms with Crippen LogP contribution in [-0.2, 0) is 0 Å². The maximum Gasteiger partial charge on any atom is 0.185 e. The van der Waals surface area contributed by atoms with Gasteiger partial charge in [0.25, 0.3) is 0 Å². The lowest BCUT2D eigenvalue weighted by atomic mass is 10.1. The molecule has 25 heavy (non-hydrogen) atoms. The Bertz CT molecular complexity index is 892. The summed E-state index contributed by atoms with van der Waals surface area (Å²) in [7, 11) is 0. The molecular formula is C19H20BrN2O2S-. The van der Waals surface area contributed by atoms with E-state index in [1.54, 1.807) is 17.4 Å². The fourth-order valence-electron chi connectivity index (χ4n) is 2.53. The molecule has 1 N–H and O–H groups in total. The van der Waals surface area contributed by atoms with Crippen molar-refractivity contribution in [2.24, 2.45) is 0 Å². The number of fused-ring (bicyclic) bond motifs is 1. The highest BCUT2D eigenvalue weighted by molar-refractivity contribution is 7.22. The molecule has 3 aromatic rings. The summed E-state index contributed by atoms with van der Waals surface area (Å²) < 4.78 is 6.65. The summed E-state index contributed by atoms with van der Waals surface area (Å²) in [6.45, 7) is 6.79. The Morgan fingerprint density at radius 3 is 2.72 bits per heavy atom. The van der Waals surface area contributed by atoms with Gasteiger partial charge in [0, 0.05) is 0 Å². The minimum absolute atomic E-state index is 0. The predicted molar refractivity (Wildman–Crippen MR) is 99.5 cm³/mol. The monoisotopic (exact) mass is 419 g/mol. The molecule has 0 saturated heterocycles. The Morgan fingerprint density at radius 2 is 1.96 bits per heavy atom. The average Bonchev–Trinajstić information content (AvgIpc) is 3.01. The summed E-state index contributed by atoms with van der Waals surface area (Å²) in [5.41, 5.74) is 4.01. The standard InChI is InChI=1S/C19H20N2O2S.BrH/c1-4-23-16-8-6-5-7-14(16)15(22)11-20-19-21-18-13(3)12(2)9-10-17(18)24-19;/h5-10H,4,11H2,1-3H3,(H,20,21);1H/p-1. The maximum absolute atomic E-state index is 12.5. The number of para-hydroxylation sites is 1. The van der Waals surface area contributed by atoms with Crippen molar-refractivity contribution in [2.45, 2.75) is 20.8 Å². The number of Topliss-reactive ketones (excluding diaryl/α,β-unsaturated/α-hetero) is 1. The number of rotatable bonds is 6. The fraction of sp³-hybridized carbons (Fsp3) is 0.263. The van der Waals surface area contributed by atoms with Crippen LogP contribution in [0.2, 0.25) is 0 Å². The van der Waals surface area contributed by atoms with Crippen LogP contribution >= 0.6 is 11.3 Å². The number of nitrogens with one attached hydrogen (secondary N) is 1. The number of benzene rings is 2. The molecule has 0 bridgehead atoms. The molecule has 4 nitrogen and oxygen atoms in total. The molecule has 0 aliphatic heterocycles. The molecule has 0 unspecified atom stereocenters. The molecule has 2 aromatic carbocycles. The normalized spacial score (nSPS) is 10.4. The molecule has 1 aromatic heterocycles. The van der Waals surface area contributed by atoms with E-state index in [9.17, 15) is 4.79 Å². The van der Waals surface area contributed by atoms with Gasteiger partial charge in [-0.2, -0.15) is 0 Å². The number of nitrogens with zero attached hydrogens (tertiary/aromatic N) is 1. The van der Waals surface area contributed by atoms with Crippen molar-refractivity contribution in [1.82, 2.24) is 4.98 Å². The van der Waals surface area contributed by atoms with Gasteiger partial charge in [0.05, 0.1) is 28.9 Å². The Kier molecular flexibility index (Phi) is 6.56. The van der Waals surface area contributed by atoms with Crippen molar-refractivity contribution >= 4 is 32.5 Å². The van der Waals surface area contributed by atoms with Crippen molar-refractivity contribution in [1.29, 1.82) is 0 Å². The second-order valence-corrected chi connectivity index (χ2v) is 6.61. The van der Waals surface area contributed by atoms with E-state index < -0.39 is 0 Å². The topological polar surface area (TPSA) is 51.2 Å². The third-order valence-corrected chi connectivity index (χ3v) is 4.95. The number of hydrogen-bond donors (Lipinski definition) is 1. The van der Waals surface area contributed by atoms with Gasteiger partial charge in [0.1, 0.15) is 5.75 Å². The highest BCUT2D eigenvalue weighted by Gasteiger charge is 2.13. The predicted octanol–water partition coefficient (Wildman–Crippen LogP) is 1.61. The first-order valence-corrected chi connectivity index (χ1v) is 8.77. The maximum atomic E-state index is 12.5. The molecule has 0 fully saturated rings. The Hall–Kier alpha value is -1.92. The molecule has 0 aliphatic carbocycles. The first-order valence-electron chi connectivity index (χ1n) is 7.95. The van der Waals surface area contributed by atoms with Crippen molar-refractivity contribution in [3.63, 3.8) is 0 Å². The van der Waals surface area contributed by atoms with Crippen LogP contribution in [0, 0.1) is 13.8 Å². The number of halogens is 1. The fourth-order valence-corrected chi connectivity index (χ4v) is 3.45. The van der Waals surface area contributed by atoms with Crippen LogP contribution in [0.4, 0.5) is 5.13 Å². The number of thiazole rings is 1. The minimum Gasteiger partial charge on any atom is -1.00 e. The molecule has 0 spiro atoms. The number of hydrogen-bond acceptors (Lipinski definition) is 5. The van der Waals surface area contributed by atoms with Crippen LogP contribution in [0.5, 0.6) is 5.75 Å². The largest absolute Gasteiger partial charge is 1.00 e. The van der Waals surface area contributed by atoms with E-state index in [-0.39, 0.29) is 29.3 Å². The third-order valence-electron chi connectivity index (χ3n) is 3.97. The van der Waals surface area contributed by atoms with Crippen LogP contribution in [0.1, 0.15) is 28.4 Å². The van der Waals surface area contributed by atoms with Gasteiger partial charge in [-0.1, -0.05) is 29.5 Å². The van der Waals surface area contributed by atoms with Gasteiger partial charge in [0.15, 0.2) is 10.9 Å². The van der Waals surface area contributed by atoms with Gasteiger partial charge in [-0.25, -0.2) is 4.98 Å². The summed E-state index contributed by atoms with van der Waals surface area (Å²) in [6.07, 6.45) is 0. The quantitative estimate of drug-likeness (QED) is 0.616. The number of ether oxygens (including phenoxy) is 1. The van der Waals surface area contributed by atoms with Crippen molar-refractivity contribution < 1.29 is 26.5 Å². The lowest BCUT2D eigenvalue weighted by Gasteiger charge is -2.09. The van der Waals surface area contributed by atoms with Gasteiger partial charge < -0.3 is 27.0 Å². The summed E-state index contributed by atoms with van der Waals surface area (Å²) in [5.74, 6) is 0.619. The molecule has 0 radical (unpaired) electrons. The van der Waals surface area contributed by atoms with E-state index in [1.165, 1.54) is 11.1 Å². The number of anilines is 1. The first kappa shape index (κ1) is 19.4. The second kappa shape index (κ2) is 8.45. The van der Waals surface area contributed by atoms with Gasteiger partial charge in [-0.3, -0.25) is 4.79 Å². The van der Waals surface area contributed by atoms with E-state index in [0.29, 0.717) is 17.9 Å². The lowest BCUT2D eigenvalue weighted by molar-refractivity contribution is -0.0000134. The lowest BCUT2D eigenvalue weighted by Crippen LogP contribution is -3.00. The molecule has 3 rings (SSSR count). The first-order chi connectivity index (χ1) is 11.6. The molecule has 0 aliphatic rings. The van der Waals surface area contributed by atoms with Crippen LogP contribution in [0.3, 0.4) is 0 Å². The summed E-state index contributed by atoms with van der Waals surface area (Å²) in [4.78, 5) is 17.1. The summed E-state index contributed by atoms with van der Waals surface area (Å²) in [6, 6.07) is 11.5. The summed E-state index contributed by atoms with van der Waals surface area (Å²) in [5, 5.41) is 3.92. The zero-order valence-electron chi connectivity index (χ0n) is 14.4. The van der Waals surface area contributed by atoms with E-state index in [2.05, 4.69) is 36.3 Å². The van der Waals surface area contributed by atoms with E-state index >= 15 is 0 Å². The van der Waals surface area contributed by atoms with E-state index in [4.69, 9.17) is 4.74 Å². The van der Waals surface area contributed by atoms with Crippen LogP contribution in [0.25, 0.3) is 10.2 Å². The molecule has 1 heterocycles. The number of carbonyl (C=O) groups excluding carboxylic acids is 1.